The molecule has 0 saturated carbocycles. The molecule has 0 spiro atoms. The number of aromatic carboxylic acids is 1. The molecule has 3 aromatic carbocycles. The number of carboxylic acids is 1. The summed E-state index contributed by atoms with van der Waals surface area (Å²) in [5.41, 5.74) is 0.969. The van der Waals surface area contributed by atoms with E-state index in [1.54, 1.807) is 0 Å². The maximum absolute atomic E-state index is 15.2. The van der Waals surface area contributed by atoms with Gasteiger partial charge in [0.05, 0.1) is 22.1 Å². The summed E-state index contributed by atoms with van der Waals surface area (Å²) in [6, 6.07) is 20.4. The zero-order valence-corrected chi connectivity index (χ0v) is 19.1. The highest BCUT2D eigenvalue weighted by Crippen LogP contribution is 2.39. The third kappa shape index (κ3) is 5.59. The van der Waals surface area contributed by atoms with Crippen LogP contribution < -0.4 is 9.47 Å². The van der Waals surface area contributed by atoms with E-state index < -0.39 is 34.3 Å². The first kappa shape index (κ1) is 24.6. The van der Waals surface area contributed by atoms with Crippen LogP contribution >= 0.6 is 11.8 Å². The van der Waals surface area contributed by atoms with Crippen LogP contribution in [0.2, 0.25) is 0 Å². The standard InChI is InChI=1S/C26H15F3N2O4S/c27-21-23(36-18-9-7-17(8-10-18)26(32)33)22(28)25(31-24(21)29)35-20-12-16(13-30)6-11-19(20)34-14-15-4-2-1-3-5-15/h1-12H,14H2,(H,32,33). The molecule has 1 N–H and O–H groups in total. The van der Waals surface area contributed by atoms with E-state index in [9.17, 15) is 18.8 Å². The number of aromatic nitrogens is 1. The number of rotatable bonds is 8. The van der Waals surface area contributed by atoms with Gasteiger partial charge in [0.2, 0.25) is 5.82 Å². The molecule has 6 nitrogen and oxygen atoms in total. The number of benzene rings is 3. The Morgan fingerprint density at radius 2 is 1.69 bits per heavy atom. The van der Waals surface area contributed by atoms with Crippen molar-refractivity contribution < 1.29 is 32.5 Å². The largest absolute Gasteiger partial charge is 0.485 e. The number of nitrogens with zero attached hydrogens (tertiary/aromatic N) is 2. The van der Waals surface area contributed by atoms with Gasteiger partial charge in [-0.15, -0.1) is 0 Å². The van der Waals surface area contributed by atoms with E-state index in [0.717, 1.165) is 5.56 Å². The van der Waals surface area contributed by atoms with Crippen molar-refractivity contribution in [2.24, 2.45) is 0 Å². The zero-order chi connectivity index (χ0) is 25.7. The van der Waals surface area contributed by atoms with E-state index in [4.69, 9.17) is 14.6 Å². The minimum absolute atomic E-state index is 0.0226. The molecule has 1 aromatic heterocycles. The summed E-state index contributed by atoms with van der Waals surface area (Å²) in [6.45, 7) is 0.129. The van der Waals surface area contributed by atoms with Crippen molar-refractivity contribution in [1.29, 1.82) is 5.26 Å². The summed E-state index contributed by atoms with van der Waals surface area (Å²) >= 11 is 0.533. The molecule has 0 saturated heterocycles. The number of ether oxygens (including phenoxy) is 2. The average Bonchev–Trinajstić information content (AvgIpc) is 2.89. The number of hydrogen-bond acceptors (Lipinski definition) is 6. The van der Waals surface area contributed by atoms with Crippen molar-refractivity contribution in [2.75, 3.05) is 0 Å². The summed E-state index contributed by atoms with van der Waals surface area (Å²) in [5.74, 6) is -6.43. The molecule has 180 valence electrons. The first-order valence-corrected chi connectivity index (χ1v) is 11.1. The normalized spacial score (nSPS) is 10.5. The minimum atomic E-state index is -1.60. The molecule has 0 aliphatic heterocycles. The van der Waals surface area contributed by atoms with Gasteiger partial charge in [-0.25, -0.2) is 9.18 Å². The van der Waals surface area contributed by atoms with Gasteiger partial charge in [-0.2, -0.15) is 19.0 Å². The maximum atomic E-state index is 15.2. The molecule has 0 atom stereocenters. The van der Waals surface area contributed by atoms with Crippen LogP contribution in [0.15, 0.2) is 82.6 Å². The Labute approximate surface area is 207 Å². The summed E-state index contributed by atoms with van der Waals surface area (Å²) < 4.78 is 55.2. The number of pyridine rings is 1. The number of halogens is 3. The van der Waals surface area contributed by atoms with Crippen molar-refractivity contribution in [3.63, 3.8) is 0 Å². The topological polar surface area (TPSA) is 92.4 Å². The smallest absolute Gasteiger partial charge is 0.335 e. The summed E-state index contributed by atoms with van der Waals surface area (Å²) in [5, 5.41) is 18.2. The van der Waals surface area contributed by atoms with Crippen LogP contribution in [0.1, 0.15) is 21.5 Å². The third-order valence-corrected chi connectivity index (χ3v) is 5.88. The van der Waals surface area contributed by atoms with Gasteiger partial charge in [0, 0.05) is 11.0 Å². The van der Waals surface area contributed by atoms with Gasteiger partial charge in [-0.1, -0.05) is 42.1 Å². The Balaban J connectivity index is 1.65. The molecule has 10 heteroatoms. The van der Waals surface area contributed by atoms with Gasteiger partial charge >= 0.3 is 5.97 Å². The molecule has 4 rings (SSSR count). The fourth-order valence-electron chi connectivity index (χ4n) is 3.03. The average molecular weight is 508 g/mol. The van der Waals surface area contributed by atoms with Crippen molar-refractivity contribution in [3.8, 4) is 23.4 Å². The van der Waals surface area contributed by atoms with E-state index in [2.05, 4.69) is 4.98 Å². The lowest BCUT2D eigenvalue weighted by Crippen LogP contribution is -2.03. The lowest BCUT2D eigenvalue weighted by atomic mass is 10.2. The summed E-state index contributed by atoms with van der Waals surface area (Å²) in [7, 11) is 0. The molecular weight excluding hydrogens is 493 g/mol. The SMILES string of the molecule is N#Cc1ccc(OCc2ccccc2)c(Oc2nc(F)c(F)c(Sc3ccc(C(=O)O)cc3)c2F)c1. The van der Waals surface area contributed by atoms with Gasteiger partial charge in [-0.05, 0) is 42.0 Å². The van der Waals surface area contributed by atoms with Crippen LogP contribution in [0.5, 0.6) is 17.4 Å². The third-order valence-electron chi connectivity index (χ3n) is 4.81. The zero-order valence-electron chi connectivity index (χ0n) is 18.2. The molecule has 0 unspecified atom stereocenters. The first-order chi connectivity index (χ1) is 17.4. The predicted molar refractivity (Wildman–Crippen MR) is 124 cm³/mol. The van der Waals surface area contributed by atoms with Crippen LogP contribution in [-0.4, -0.2) is 16.1 Å². The van der Waals surface area contributed by atoms with Crippen molar-refractivity contribution in [2.45, 2.75) is 16.4 Å². The van der Waals surface area contributed by atoms with E-state index in [1.165, 1.54) is 42.5 Å². The van der Waals surface area contributed by atoms with Gasteiger partial charge < -0.3 is 14.6 Å². The fourth-order valence-corrected chi connectivity index (χ4v) is 3.89. The Kier molecular flexibility index (Phi) is 7.42. The van der Waals surface area contributed by atoms with E-state index in [0.29, 0.717) is 11.8 Å². The molecule has 0 amide bonds. The molecule has 0 radical (unpaired) electrons. The highest BCUT2D eigenvalue weighted by atomic mass is 32.2. The van der Waals surface area contributed by atoms with E-state index >= 15 is 4.39 Å². The van der Waals surface area contributed by atoms with Gasteiger partial charge in [0.1, 0.15) is 6.61 Å². The molecule has 0 bridgehead atoms. The highest BCUT2D eigenvalue weighted by Gasteiger charge is 2.24. The molecule has 1 heterocycles. The van der Waals surface area contributed by atoms with Crippen LogP contribution in [0.3, 0.4) is 0 Å². The molecule has 0 aliphatic carbocycles. The second kappa shape index (κ2) is 10.8. The number of carboxylic acid groups (broad SMARTS) is 1. The Morgan fingerprint density at radius 3 is 2.36 bits per heavy atom. The molecule has 0 fully saturated rings. The fraction of sp³-hybridized carbons (Fsp3) is 0.0385. The lowest BCUT2D eigenvalue weighted by molar-refractivity contribution is 0.0696. The van der Waals surface area contributed by atoms with E-state index in [1.807, 2.05) is 36.4 Å². The van der Waals surface area contributed by atoms with Crippen molar-refractivity contribution in [3.05, 3.63) is 107 Å². The number of carbonyl (C=O) groups is 1. The quantitative estimate of drug-likeness (QED) is 0.268. The maximum Gasteiger partial charge on any atom is 0.335 e. The predicted octanol–water partition coefficient (Wildman–Crippen LogP) is 6.59. The van der Waals surface area contributed by atoms with Gasteiger partial charge in [0.15, 0.2) is 17.3 Å². The van der Waals surface area contributed by atoms with Crippen LogP contribution in [0.25, 0.3) is 0 Å². The van der Waals surface area contributed by atoms with Gasteiger partial charge in [-0.3, -0.25) is 0 Å². The second-order valence-electron chi connectivity index (χ2n) is 7.25. The number of nitriles is 1. The minimum Gasteiger partial charge on any atom is -0.485 e. The monoisotopic (exact) mass is 508 g/mol. The van der Waals surface area contributed by atoms with Crippen LogP contribution in [0, 0.1) is 28.9 Å². The Bertz CT molecular complexity index is 1460. The van der Waals surface area contributed by atoms with Crippen molar-refractivity contribution >= 4 is 17.7 Å². The summed E-state index contributed by atoms with van der Waals surface area (Å²) in [4.78, 5) is 13.8. The lowest BCUT2D eigenvalue weighted by Gasteiger charge is -2.14. The van der Waals surface area contributed by atoms with Gasteiger partial charge in [0.25, 0.3) is 11.8 Å². The van der Waals surface area contributed by atoms with E-state index in [-0.39, 0.29) is 34.1 Å². The second-order valence-corrected chi connectivity index (χ2v) is 8.33. The Hall–Kier alpha value is -4.49. The summed E-state index contributed by atoms with van der Waals surface area (Å²) in [6.07, 6.45) is 0. The van der Waals surface area contributed by atoms with Crippen molar-refractivity contribution in [1.82, 2.24) is 4.98 Å². The van der Waals surface area contributed by atoms with Crippen LogP contribution in [0.4, 0.5) is 13.2 Å². The molecule has 4 aromatic rings. The number of hydrogen-bond donors (Lipinski definition) is 1. The highest BCUT2D eigenvalue weighted by molar-refractivity contribution is 7.99. The Morgan fingerprint density at radius 1 is 0.972 bits per heavy atom. The molecule has 0 aliphatic rings. The molecule has 36 heavy (non-hydrogen) atoms. The molecular formula is C26H15F3N2O4S. The first-order valence-electron chi connectivity index (χ1n) is 10.3. The van der Waals surface area contributed by atoms with Crippen LogP contribution in [-0.2, 0) is 6.61 Å².